The molecule has 0 heterocycles. The van der Waals surface area contributed by atoms with Crippen LogP contribution in [0.3, 0.4) is 0 Å². The Morgan fingerprint density at radius 3 is 2.12 bits per heavy atom. The van der Waals surface area contributed by atoms with Crippen molar-refractivity contribution in [1.82, 2.24) is 4.31 Å². The van der Waals surface area contributed by atoms with Gasteiger partial charge in [0.2, 0.25) is 10.0 Å². The monoisotopic (exact) mass is 466 g/mol. The van der Waals surface area contributed by atoms with E-state index in [2.05, 4.69) is 10.5 Å². The van der Waals surface area contributed by atoms with Crippen LogP contribution in [0.5, 0.6) is 17.2 Å². The summed E-state index contributed by atoms with van der Waals surface area (Å²) in [6, 6.07) is 6.89. The number of nitro benzene ring substituents is 1. The highest BCUT2D eigenvalue weighted by molar-refractivity contribution is 7.89. The van der Waals surface area contributed by atoms with Crippen molar-refractivity contribution >= 4 is 27.6 Å². The first kappa shape index (κ1) is 24.9. The van der Waals surface area contributed by atoms with Crippen LogP contribution in [-0.2, 0) is 10.0 Å². The van der Waals surface area contributed by atoms with E-state index in [4.69, 9.17) is 14.2 Å². The summed E-state index contributed by atoms with van der Waals surface area (Å²) in [6.07, 6.45) is 1.38. The van der Waals surface area contributed by atoms with Crippen molar-refractivity contribution in [3.63, 3.8) is 0 Å². The minimum atomic E-state index is -3.84. The van der Waals surface area contributed by atoms with Gasteiger partial charge in [0.05, 0.1) is 42.9 Å². The van der Waals surface area contributed by atoms with E-state index >= 15 is 0 Å². The number of nitro groups is 1. The summed E-state index contributed by atoms with van der Waals surface area (Å²) in [6.45, 7) is 3.90. The molecule has 0 bridgehead atoms. The van der Waals surface area contributed by atoms with Gasteiger partial charge in [-0.1, -0.05) is 13.8 Å². The largest absolute Gasteiger partial charge is 0.496 e. The maximum absolute atomic E-state index is 12.7. The first-order chi connectivity index (χ1) is 15.2. The second kappa shape index (κ2) is 10.8. The highest BCUT2D eigenvalue weighted by Gasteiger charge is 2.25. The summed E-state index contributed by atoms with van der Waals surface area (Å²) < 4.78 is 42.5. The fourth-order valence-corrected chi connectivity index (χ4v) is 4.43. The number of nitrogens with one attached hydrogen (secondary N) is 1. The maximum Gasteiger partial charge on any atom is 0.295 e. The lowest BCUT2D eigenvalue weighted by Crippen LogP contribution is -2.30. The van der Waals surface area contributed by atoms with Crippen LogP contribution < -0.4 is 19.6 Å². The van der Waals surface area contributed by atoms with E-state index in [1.54, 1.807) is 26.0 Å². The molecular formula is C20H26N4O7S. The number of methoxy groups -OCH3 is 3. The van der Waals surface area contributed by atoms with E-state index in [0.29, 0.717) is 22.8 Å². The van der Waals surface area contributed by atoms with Gasteiger partial charge in [-0.05, 0) is 12.1 Å². The molecule has 0 atom stereocenters. The van der Waals surface area contributed by atoms with Gasteiger partial charge in [0.25, 0.3) is 5.69 Å². The van der Waals surface area contributed by atoms with Gasteiger partial charge >= 0.3 is 0 Å². The molecule has 0 unspecified atom stereocenters. The first-order valence-corrected chi connectivity index (χ1v) is 11.0. The maximum atomic E-state index is 12.7. The number of benzene rings is 2. The molecule has 2 aromatic rings. The zero-order valence-corrected chi connectivity index (χ0v) is 19.3. The zero-order valence-electron chi connectivity index (χ0n) is 18.5. The Balaban J connectivity index is 2.41. The number of ether oxygens (including phenoxy) is 3. The zero-order chi connectivity index (χ0) is 23.9. The summed E-state index contributed by atoms with van der Waals surface area (Å²) in [4.78, 5) is 10.7. The van der Waals surface area contributed by atoms with Crippen LogP contribution in [0.1, 0.15) is 19.4 Å². The van der Waals surface area contributed by atoms with Crippen LogP contribution in [0, 0.1) is 10.1 Å². The Labute approximate surface area is 186 Å². The highest BCUT2D eigenvalue weighted by atomic mass is 32.2. The third-order valence-electron chi connectivity index (χ3n) is 4.64. The summed E-state index contributed by atoms with van der Waals surface area (Å²) >= 11 is 0. The molecule has 0 aromatic heterocycles. The van der Waals surface area contributed by atoms with Gasteiger partial charge in [0.1, 0.15) is 22.9 Å². The Bertz CT molecular complexity index is 1070. The van der Waals surface area contributed by atoms with Crippen molar-refractivity contribution in [2.75, 3.05) is 39.8 Å². The third-order valence-corrected chi connectivity index (χ3v) is 6.69. The van der Waals surface area contributed by atoms with Gasteiger partial charge in [-0.15, -0.1) is 0 Å². The number of rotatable bonds is 11. The molecule has 0 saturated heterocycles. The summed E-state index contributed by atoms with van der Waals surface area (Å²) in [5, 5.41) is 15.6. The molecular weight excluding hydrogens is 440 g/mol. The van der Waals surface area contributed by atoms with Crippen molar-refractivity contribution in [2.24, 2.45) is 5.10 Å². The fraction of sp³-hybridized carbons (Fsp3) is 0.350. The van der Waals surface area contributed by atoms with Crippen molar-refractivity contribution in [3.8, 4) is 17.2 Å². The predicted octanol–water partition coefficient (Wildman–Crippen LogP) is 3.10. The average Bonchev–Trinajstić information content (AvgIpc) is 2.79. The lowest BCUT2D eigenvalue weighted by atomic mass is 10.2. The van der Waals surface area contributed by atoms with Crippen LogP contribution in [0.15, 0.2) is 40.3 Å². The molecule has 0 spiro atoms. The lowest BCUT2D eigenvalue weighted by molar-refractivity contribution is -0.384. The van der Waals surface area contributed by atoms with E-state index in [1.807, 2.05) is 0 Å². The quantitative estimate of drug-likeness (QED) is 0.303. The van der Waals surface area contributed by atoms with Gasteiger partial charge in [-0.2, -0.15) is 9.41 Å². The molecule has 0 amide bonds. The molecule has 0 aliphatic rings. The smallest absolute Gasteiger partial charge is 0.295 e. The van der Waals surface area contributed by atoms with Crippen LogP contribution in [-0.4, -0.2) is 58.3 Å². The molecule has 0 radical (unpaired) electrons. The predicted molar refractivity (Wildman–Crippen MR) is 121 cm³/mol. The molecule has 0 aliphatic carbocycles. The Morgan fingerprint density at radius 1 is 1.06 bits per heavy atom. The number of hydrogen-bond donors (Lipinski definition) is 1. The third kappa shape index (κ3) is 5.26. The molecule has 174 valence electrons. The molecule has 1 N–H and O–H groups in total. The highest BCUT2D eigenvalue weighted by Crippen LogP contribution is 2.33. The van der Waals surface area contributed by atoms with Crippen molar-refractivity contribution in [2.45, 2.75) is 18.7 Å². The van der Waals surface area contributed by atoms with E-state index in [1.165, 1.54) is 44.0 Å². The molecule has 11 nitrogen and oxygen atoms in total. The van der Waals surface area contributed by atoms with Gasteiger partial charge in [-0.3, -0.25) is 15.5 Å². The minimum Gasteiger partial charge on any atom is -0.496 e. The summed E-state index contributed by atoms with van der Waals surface area (Å²) in [5.74, 6) is 1.35. The topological polar surface area (TPSA) is 133 Å². The number of hydrazone groups is 1. The summed E-state index contributed by atoms with van der Waals surface area (Å²) in [5.41, 5.74) is 2.66. The second-order valence-electron chi connectivity index (χ2n) is 6.34. The number of hydrogen-bond acceptors (Lipinski definition) is 9. The van der Waals surface area contributed by atoms with Crippen molar-refractivity contribution in [3.05, 3.63) is 46.0 Å². The van der Waals surface area contributed by atoms with Gasteiger partial charge in [0, 0.05) is 31.3 Å². The average molecular weight is 467 g/mol. The van der Waals surface area contributed by atoms with Gasteiger partial charge in [0.15, 0.2) is 0 Å². The van der Waals surface area contributed by atoms with Crippen LogP contribution >= 0.6 is 0 Å². The van der Waals surface area contributed by atoms with E-state index < -0.39 is 20.6 Å². The normalized spacial score (nSPS) is 11.6. The van der Waals surface area contributed by atoms with E-state index in [9.17, 15) is 18.5 Å². The molecule has 2 aromatic carbocycles. The number of anilines is 1. The standard InChI is InChI=1S/C20H26N4O7S/c1-6-23(7-2)32(27,28)15-8-9-17(18(12-15)24(25)26)22-21-13-16-19(30-4)10-14(29-3)11-20(16)31-5/h8-13,22H,6-7H2,1-5H3. The lowest BCUT2D eigenvalue weighted by Gasteiger charge is -2.18. The van der Waals surface area contributed by atoms with Crippen molar-refractivity contribution < 1.29 is 27.6 Å². The molecule has 32 heavy (non-hydrogen) atoms. The van der Waals surface area contributed by atoms with Crippen molar-refractivity contribution in [1.29, 1.82) is 0 Å². The molecule has 0 aliphatic heterocycles. The second-order valence-corrected chi connectivity index (χ2v) is 8.28. The van der Waals surface area contributed by atoms with Crippen LogP contribution in [0.4, 0.5) is 11.4 Å². The SMILES string of the molecule is CCN(CC)S(=O)(=O)c1ccc(NN=Cc2c(OC)cc(OC)cc2OC)c([N+](=O)[O-])c1. The number of nitrogens with zero attached hydrogens (tertiary/aromatic N) is 3. The van der Waals surface area contributed by atoms with Gasteiger partial charge in [-0.25, -0.2) is 8.42 Å². The summed E-state index contributed by atoms with van der Waals surface area (Å²) in [7, 11) is 0.605. The molecule has 0 fully saturated rings. The van der Waals surface area contributed by atoms with Crippen LogP contribution in [0.2, 0.25) is 0 Å². The van der Waals surface area contributed by atoms with Gasteiger partial charge < -0.3 is 14.2 Å². The Hall–Kier alpha value is -3.38. The minimum absolute atomic E-state index is 0.0243. The molecule has 0 saturated carbocycles. The Morgan fingerprint density at radius 2 is 1.66 bits per heavy atom. The van der Waals surface area contributed by atoms with Crippen LogP contribution in [0.25, 0.3) is 0 Å². The van der Waals surface area contributed by atoms with E-state index in [-0.39, 0.29) is 23.7 Å². The molecule has 12 heteroatoms. The molecule has 2 rings (SSSR count). The number of sulfonamides is 1. The first-order valence-electron chi connectivity index (χ1n) is 9.61. The fourth-order valence-electron chi connectivity index (χ4n) is 2.96. The Kier molecular flexibility index (Phi) is 8.38. The van der Waals surface area contributed by atoms with E-state index in [0.717, 1.165) is 6.07 Å².